The molecule has 3 fully saturated rings. The Hall–Kier alpha value is -0.570. The molecule has 0 radical (unpaired) electrons. The third kappa shape index (κ3) is 2.42. The first-order valence-electron chi connectivity index (χ1n) is 8.26. The van der Waals surface area contributed by atoms with Crippen LogP contribution >= 0.6 is 0 Å². The molecule has 2 N–H and O–H groups in total. The molecule has 0 aromatic heterocycles. The summed E-state index contributed by atoms with van der Waals surface area (Å²) >= 11 is 0. The van der Waals surface area contributed by atoms with E-state index in [1.165, 1.54) is 32.1 Å². The smallest absolute Gasteiger partial charge is 0.225 e. The summed E-state index contributed by atoms with van der Waals surface area (Å²) in [6.45, 7) is 3.21. The van der Waals surface area contributed by atoms with E-state index < -0.39 is 0 Å². The number of likely N-dealkylation sites (tertiary alicyclic amines) is 1. The number of fused-ring (bicyclic) bond motifs is 2. The van der Waals surface area contributed by atoms with Crippen molar-refractivity contribution in [3.05, 3.63) is 0 Å². The van der Waals surface area contributed by atoms with E-state index in [-0.39, 0.29) is 5.92 Å². The lowest BCUT2D eigenvalue weighted by atomic mass is 9.65. The van der Waals surface area contributed by atoms with Crippen molar-refractivity contribution in [2.45, 2.75) is 70.4 Å². The van der Waals surface area contributed by atoms with Crippen LogP contribution in [-0.2, 0) is 4.79 Å². The second-order valence-corrected chi connectivity index (χ2v) is 6.93. The fourth-order valence-corrected chi connectivity index (χ4v) is 4.78. The van der Waals surface area contributed by atoms with Crippen molar-refractivity contribution < 1.29 is 4.79 Å². The Kier molecular flexibility index (Phi) is 3.84. The van der Waals surface area contributed by atoms with Crippen molar-refractivity contribution in [2.75, 3.05) is 6.54 Å². The predicted molar refractivity (Wildman–Crippen MR) is 76.6 cm³/mol. The fraction of sp³-hybridized carbons (Fsp3) is 0.938. The second kappa shape index (κ2) is 5.43. The number of carbonyl (C=O) groups excluding carboxylic acids is 1. The van der Waals surface area contributed by atoms with Gasteiger partial charge < -0.3 is 10.6 Å². The Bertz CT molecular complexity index is 330. The van der Waals surface area contributed by atoms with Gasteiger partial charge in [-0.3, -0.25) is 4.79 Å². The zero-order valence-corrected chi connectivity index (χ0v) is 12.2. The molecule has 3 atom stereocenters. The molecule has 3 nitrogen and oxygen atoms in total. The summed E-state index contributed by atoms with van der Waals surface area (Å²) in [5, 5.41) is 0. The van der Waals surface area contributed by atoms with E-state index in [9.17, 15) is 4.79 Å². The summed E-state index contributed by atoms with van der Waals surface area (Å²) in [6.07, 6.45) is 9.46. The van der Waals surface area contributed by atoms with Gasteiger partial charge in [0.2, 0.25) is 5.91 Å². The summed E-state index contributed by atoms with van der Waals surface area (Å²) in [5.74, 6) is 1.96. The van der Waals surface area contributed by atoms with Gasteiger partial charge in [0.1, 0.15) is 0 Å². The molecule has 19 heavy (non-hydrogen) atoms. The van der Waals surface area contributed by atoms with E-state index in [4.69, 9.17) is 5.73 Å². The summed E-state index contributed by atoms with van der Waals surface area (Å²) in [5.41, 5.74) is 6.33. The zero-order valence-electron chi connectivity index (χ0n) is 12.2. The highest BCUT2D eigenvalue weighted by atomic mass is 16.2. The molecule has 3 heteroatoms. The minimum Gasteiger partial charge on any atom is -0.339 e. The Morgan fingerprint density at radius 1 is 1.16 bits per heavy atom. The molecule has 1 aliphatic heterocycles. The molecule has 3 rings (SSSR count). The number of amides is 1. The molecule has 0 spiro atoms. The fourth-order valence-electron chi connectivity index (χ4n) is 4.78. The minimum atomic E-state index is 0.280. The van der Waals surface area contributed by atoms with Crippen LogP contribution in [0.2, 0.25) is 0 Å². The number of rotatable bonds is 2. The lowest BCUT2D eigenvalue weighted by molar-refractivity contribution is -0.139. The van der Waals surface area contributed by atoms with Crippen LogP contribution in [0, 0.1) is 17.8 Å². The largest absolute Gasteiger partial charge is 0.339 e. The van der Waals surface area contributed by atoms with Gasteiger partial charge in [-0.2, -0.15) is 0 Å². The summed E-state index contributed by atoms with van der Waals surface area (Å²) in [6, 6.07) is 0.890. The molecule has 1 amide bonds. The molecule has 2 bridgehead atoms. The van der Waals surface area contributed by atoms with E-state index in [0.29, 0.717) is 29.8 Å². The molecule has 1 saturated heterocycles. The highest BCUT2D eigenvalue weighted by Gasteiger charge is 2.42. The van der Waals surface area contributed by atoms with E-state index >= 15 is 0 Å². The molecule has 2 saturated carbocycles. The van der Waals surface area contributed by atoms with Crippen molar-refractivity contribution in [3.8, 4) is 0 Å². The summed E-state index contributed by atoms with van der Waals surface area (Å²) in [4.78, 5) is 15.0. The molecule has 108 valence electrons. The lowest BCUT2D eigenvalue weighted by Gasteiger charge is -2.44. The van der Waals surface area contributed by atoms with Crippen molar-refractivity contribution in [1.29, 1.82) is 0 Å². The van der Waals surface area contributed by atoms with Crippen LogP contribution in [0.3, 0.4) is 0 Å². The molecule has 1 heterocycles. The van der Waals surface area contributed by atoms with E-state index in [1.807, 2.05) is 0 Å². The second-order valence-electron chi connectivity index (χ2n) is 6.93. The molecular weight excluding hydrogens is 236 g/mol. The monoisotopic (exact) mass is 264 g/mol. The topological polar surface area (TPSA) is 46.3 Å². The first-order chi connectivity index (χ1) is 9.20. The SMILES string of the molecule is CCC1CCCN1C(=O)C1CC2CCCC(C1)C2N. The molecule has 3 aliphatic rings. The Labute approximate surface area is 116 Å². The normalized spacial score (nSPS) is 42.4. The van der Waals surface area contributed by atoms with Crippen LogP contribution in [0.1, 0.15) is 58.3 Å². The Morgan fingerprint density at radius 2 is 1.84 bits per heavy atom. The molecular formula is C16H28N2O. The van der Waals surface area contributed by atoms with Gasteiger partial charge >= 0.3 is 0 Å². The van der Waals surface area contributed by atoms with Crippen LogP contribution in [0.4, 0.5) is 0 Å². The Balaban J connectivity index is 1.67. The highest BCUT2D eigenvalue weighted by Crippen LogP contribution is 2.43. The van der Waals surface area contributed by atoms with E-state index in [2.05, 4.69) is 11.8 Å². The van der Waals surface area contributed by atoms with Gasteiger partial charge in [-0.1, -0.05) is 13.3 Å². The van der Waals surface area contributed by atoms with Crippen molar-refractivity contribution in [1.82, 2.24) is 4.90 Å². The molecule has 0 aromatic carbocycles. The van der Waals surface area contributed by atoms with Crippen molar-refractivity contribution in [3.63, 3.8) is 0 Å². The van der Waals surface area contributed by atoms with Gasteiger partial charge in [0.15, 0.2) is 0 Å². The lowest BCUT2D eigenvalue weighted by Crippen LogP contribution is -2.50. The number of hydrogen-bond donors (Lipinski definition) is 1. The van der Waals surface area contributed by atoms with Crippen LogP contribution in [-0.4, -0.2) is 29.4 Å². The van der Waals surface area contributed by atoms with Gasteiger partial charge in [-0.05, 0) is 56.8 Å². The van der Waals surface area contributed by atoms with Gasteiger partial charge in [-0.15, -0.1) is 0 Å². The standard InChI is InChI=1S/C16H28N2O/c1-2-14-7-4-8-18(14)16(19)13-9-11-5-3-6-12(10-13)15(11)17/h11-15H,2-10,17H2,1H3. The minimum absolute atomic E-state index is 0.280. The number of carbonyl (C=O) groups is 1. The quantitative estimate of drug-likeness (QED) is 0.833. The average Bonchev–Trinajstić information content (AvgIpc) is 2.85. The van der Waals surface area contributed by atoms with E-state index in [0.717, 1.165) is 25.8 Å². The molecule has 0 aromatic rings. The number of nitrogens with zero attached hydrogens (tertiary/aromatic N) is 1. The number of hydrogen-bond acceptors (Lipinski definition) is 2. The predicted octanol–water partition coefficient (Wildman–Crippen LogP) is 2.54. The maximum absolute atomic E-state index is 12.8. The maximum atomic E-state index is 12.8. The van der Waals surface area contributed by atoms with Crippen molar-refractivity contribution in [2.24, 2.45) is 23.5 Å². The van der Waals surface area contributed by atoms with Crippen LogP contribution in [0.5, 0.6) is 0 Å². The van der Waals surface area contributed by atoms with Crippen molar-refractivity contribution >= 4 is 5.91 Å². The zero-order chi connectivity index (χ0) is 13.4. The van der Waals surface area contributed by atoms with Gasteiger partial charge in [0.05, 0.1) is 0 Å². The summed E-state index contributed by atoms with van der Waals surface area (Å²) in [7, 11) is 0. The highest BCUT2D eigenvalue weighted by molar-refractivity contribution is 5.79. The van der Waals surface area contributed by atoms with Gasteiger partial charge in [-0.25, -0.2) is 0 Å². The third-order valence-corrected chi connectivity index (χ3v) is 5.89. The number of nitrogens with two attached hydrogens (primary N) is 1. The third-order valence-electron chi connectivity index (χ3n) is 5.89. The van der Waals surface area contributed by atoms with Gasteiger partial charge in [0.25, 0.3) is 0 Å². The summed E-state index contributed by atoms with van der Waals surface area (Å²) < 4.78 is 0. The van der Waals surface area contributed by atoms with Gasteiger partial charge in [0, 0.05) is 24.5 Å². The van der Waals surface area contributed by atoms with Crippen LogP contribution in [0.15, 0.2) is 0 Å². The first-order valence-corrected chi connectivity index (χ1v) is 8.26. The van der Waals surface area contributed by atoms with Crippen LogP contribution in [0.25, 0.3) is 0 Å². The molecule has 2 aliphatic carbocycles. The van der Waals surface area contributed by atoms with E-state index in [1.54, 1.807) is 0 Å². The Morgan fingerprint density at radius 3 is 2.47 bits per heavy atom. The molecule has 3 unspecified atom stereocenters. The van der Waals surface area contributed by atoms with Crippen LogP contribution < -0.4 is 5.73 Å². The average molecular weight is 264 g/mol. The first kappa shape index (κ1) is 13.4. The maximum Gasteiger partial charge on any atom is 0.225 e.